The predicted octanol–water partition coefficient (Wildman–Crippen LogP) is 8.34. The molecule has 0 saturated carbocycles. The average Bonchev–Trinajstić information content (AvgIpc) is 3.22. The van der Waals surface area contributed by atoms with E-state index in [1.807, 2.05) is 66.7 Å². The van der Waals surface area contributed by atoms with Crippen molar-refractivity contribution in [1.82, 2.24) is 10.6 Å². The minimum absolute atomic E-state index is 0. The summed E-state index contributed by atoms with van der Waals surface area (Å²) in [6.07, 6.45) is 0.935. The van der Waals surface area contributed by atoms with Crippen molar-refractivity contribution >= 4 is 41.5 Å². The molecule has 0 bridgehead atoms. The number of rotatable bonds is 16. The molecule has 5 rings (SSSR count). The van der Waals surface area contributed by atoms with Gasteiger partial charge in [-0.1, -0.05) is 105 Å². The number of fused-ring (bicyclic) bond motifs is 1. The number of carbonyl (C=O) groups excluding carboxylic acids is 2. The Morgan fingerprint density at radius 1 is 0.885 bits per heavy atom. The van der Waals surface area contributed by atoms with E-state index in [2.05, 4.69) is 55.7 Å². The van der Waals surface area contributed by atoms with Crippen LogP contribution in [0, 0.1) is 5.41 Å². The van der Waals surface area contributed by atoms with Crippen LogP contribution < -0.4 is 25.0 Å². The van der Waals surface area contributed by atoms with Crippen LogP contribution in [0.4, 0.5) is 5.69 Å². The molecule has 1 heterocycles. The molecular weight excluding hydrogens is 697 g/mol. The minimum atomic E-state index is -1.07. The highest BCUT2D eigenvalue weighted by Crippen LogP contribution is 2.45. The number of ether oxygens (including phenoxy) is 3. The molecular formula is C42H51Cl2N3O5. The number of para-hydroxylation sites is 1. The van der Waals surface area contributed by atoms with Crippen molar-refractivity contribution in [2.24, 2.45) is 5.41 Å². The van der Waals surface area contributed by atoms with Gasteiger partial charge in [0.2, 0.25) is 5.91 Å². The topological polar surface area (TPSA) is 89.1 Å². The molecule has 1 aliphatic heterocycles. The maximum atomic E-state index is 14.3. The van der Waals surface area contributed by atoms with Gasteiger partial charge in [-0.25, -0.2) is 0 Å². The number of anilines is 1. The van der Waals surface area contributed by atoms with Crippen molar-refractivity contribution in [3.05, 3.63) is 124 Å². The Hall–Kier alpha value is -4.08. The van der Waals surface area contributed by atoms with Crippen molar-refractivity contribution < 1.29 is 23.8 Å². The summed E-state index contributed by atoms with van der Waals surface area (Å²) >= 11 is 6.60. The lowest BCUT2D eigenvalue weighted by Gasteiger charge is -2.31. The van der Waals surface area contributed by atoms with Crippen LogP contribution >= 0.6 is 24.0 Å². The second kappa shape index (κ2) is 19.7. The first-order chi connectivity index (χ1) is 24.6. The van der Waals surface area contributed by atoms with Gasteiger partial charge in [-0.2, -0.15) is 0 Å². The molecule has 2 N–H and O–H groups in total. The van der Waals surface area contributed by atoms with Crippen LogP contribution in [-0.2, 0) is 27.3 Å². The Bertz CT molecular complexity index is 1730. The van der Waals surface area contributed by atoms with Crippen molar-refractivity contribution in [2.75, 3.05) is 38.3 Å². The van der Waals surface area contributed by atoms with E-state index in [1.54, 1.807) is 18.1 Å². The number of hydrogen-bond acceptors (Lipinski definition) is 6. The molecule has 2 amide bonds. The zero-order chi connectivity index (χ0) is 36.2. The molecule has 1 aliphatic rings. The van der Waals surface area contributed by atoms with Gasteiger partial charge >= 0.3 is 0 Å². The van der Waals surface area contributed by atoms with Crippen molar-refractivity contribution in [3.63, 3.8) is 0 Å². The summed E-state index contributed by atoms with van der Waals surface area (Å²) < 4.78 is 19.0. The van der Waals surface area contributed by atoms with Gasteiger partial charge in [0.05, 0.1) is 20.1 Å². The largest absolute Gasteiger partial charge is 0.492 e. The lowest BCUT2D eigenvalue weighted by atomic mass is 9.94. The molecule has 278 valence electrons. The van der Waals surface area contributed by atoms with Gasteiger partial charge in [-0.3, -0.25) is 9.59 Å². The smallest absolute Gasteiger partial charge is 0.256 e. The highest BCUT2D eigenvalue weighted by molar-refractivity contribution is 6.30. The highest BCUT2D eigenvalue weighted by Gasteiger charge is 2.40. The summed E-state index contributed by atoms with van der Waals surface area (Å²) in [5, 5.41) is 6.97. The third-order valence-electron chi connectivity index (χ3n) is 8.65. The molecule has 4 aromatic carbocycles. The second-order valence-corrected chi connectivity index (χ2v) is 14.5. The molecule has 8 nitrogen and oxygen atoms in total. The van der Waals surface area contributed by atoms with Crippen molar-refractivity contribution in [1.29, 1.82) is 0 Å². The number of hydrogen-bond donors (Lipinski definition) is 2. The van der Waals surface area contributed by atoms with Crippen molar-refractivity contribution in [2.45, 2.75) is 65.2 Å². The third kappa shape index (κ3) is 11.5. The summed E-state index contributed by atoms with van der Waals surface area (Å²) in [6, 6.07) is 31.3. The van der Waals surface area contributed by atoms with Gasteiger partial charge in [0.25, 0.3) is 5.91 Å². The van der Waals surface area contributed by atoms with E-state index in [1.165, 1.54) is 5.56 Å². The Kier molecular flexibility index (Phi) is 15.4. The number of nitrogens with one attached hydrogen (secondary N) is 2. The normalized spacial score (nSPS) is 15.6. The molecule has 0 fully saturated rings. The van der Waals surface area contributed by atoms with Gasteiger partial charge < -0.3 is 29.7 Å². The molecule has 0 aliphatic carbocycles. The molecule has 2 unspecified atom stereocenters. The van der Waals surface area contributed by atoms with Gasteiger partial charge in [0.1, 0.15) is 12.2 Å². The summed E-state index contributed by atoms with van der Waals surface area (Å²) in [4.78, 5) is 29.4. The quantitative estimate of drug-likeness (QED) is 0.112. The first kappa shape index (κ1) is 40.7. The first-order valence-electron chi connectivity index (χ1n) is 17.7. The Balaban J connectivity index is 0.00000605. The standard InChI is InChI=1S/C42H50ClN3O5.ClH/c1-42(2,3)29-46-35-22-21-32(43)26-34(35)39(51-37(41(46)48)27-38(47)45-28-31-16-9-6-10-17-31)33-19-11-20-36(40(33)49-4)50-25-13-24-44-23-12-18-30-14-7-5-8-15-30;/h5-11,14-17,19-22,26,37,39,44H,12-13,18,23-25,27-29H2,1-4H3,(H,45,47);1H. The molecule has 0 aromatic heterocycles. The number of halogens is 2. The maximum Gasteiger partial charge on any atom is 0.256 e. The highest BCUT2D eigenvalue weighted by atomic mass is 35.5. The van der Waals surface area contributed by atoms with Crippen LogP contribution in [0.25, 0.3) is 0 Å². The number of benzene rings is 4. The second-order valence-electron chi connectivity index (χ2n) is 14.1. The first-order valence-corrected chi connectivity index (χ1v) is 18.1. The molecule has 0 spiro atoms. The van der Waals surface area contributed by atoms with Crippen LogP contribution in [0.5, 0.6) is 11.5 Å². The van der Waals surface area contributed by atoms with Gasteiger partial charge in [-0.05, 0) is 73.2 Å². The Labute approximate surface area is 319 Å². The predicted molar refractivity (Wildman–Crippen MR) is 211 cm³/mol. The van der Waals surface area contributed by atoms with E-state index in [-0.39, 0.29) is 36.1 Å². The number of nitrogens with zero attached hydrogens (tertiary/aromatic N) is 1. The zero-order valence-electron chi connectivity index (χ0n) is 30.5. The fourth-order valence-electron chi connectivity index (χ4n) is 6.26. The molecule has 4 aromatic rings. The Morgan fingerprint density at radius 3 is 2.27 bits per heavy atom. The molecule has 10 heteroatoms. The van der Waals surface area contributed by atoms with E-state index in [9.17, 15) is 9.59 Å². The molecule has 0 saturated heterocycles. The number of amides is 2. The number of methoxy groups -OCH3 is 1. The van der Waals surface area contributed by atoms with Crippen LogP contribution in [0.2, 0.25) is 5.02 Å². The zero-order valence-corrected chi connectivity index (χ0v) is 32.1. The summed E-state index contributed by atoms with van der Waals surface area (Å²) in [5.41, 5.74) is 4.15. The van der Waals surface area contributed by atoms with Gasteiger partial charge in [0.15, 0.2) is 11.5 Å². The summed E-state index contributed by atoms with van der Waals surface area (Å²) in [5.74, 6) is 0.514. The third-order valence-corrected chi connectivity index (χ3v) is 8.89. The van der Waals surface area contributed by atoms with Crippen LogP contribution in [-0.4, -0.2) is 51.3 Å². The van der Waals surface area contributed by atoms with Crippen LogP contribution in [0.1, 0.15) is 68.4 Å². The van der Waals surface area contributed by atoms with Gasteiger partial charge in [-0.15, -0.1) is 12.4 Å². The Morgan fingerprint density at radius 2 is 1.58 bits per heavy atom. The number of aryl methyl sites for hydroxylation is 1. The fourth-order valence-corrected chi connectivity index (χ4v) is 6.44. The maximum absolute atomic E-state index is 14.3. The lowest BCUT2D eigenvalue weighted by Crippen LogP contribution is -2.45. The van der Waals surface area contributed by atoms with Gasteiger partial charge in [0, 0.05) is 34.9 Å². The number of carbonyl (C=O) groups is 2. The molecule has 0 radical (unpaired) electrons. The van der Waals surface area contributed by atoms with Crippen LogP contribution in [0.15, 0.2) is 97.1 Å². The van der Waals surface area contributed by atoms with E-state index < -0.39 is 12.2 Å². The lowest BCUT2D eigenvalue weighted by molar-refractivity contribution is -0.138. The summed E-state index contributed by atoms with van der Waals surface area (Å²) in [7, 11) is 1.60. The monoisotopic (exact) mass is 747 g/mol. The summed E-state index contributed by atoms with van der Waals surface area (Å²) in [6.45, 7) is 9.24. The van der Waals surface area contributed by atoms with E-state index >= 15 is 0 Å². The van der Waals surface area contributed by atoms with Crippen LogP contribution in [0.3, 0.4) is 0 Å². The van der Waals surface area contributed by atoms with E-state index in [0.29, 0.717) is 53.0 Å². The fraction of sp³-hybridized carbons (Fsp3) is 0.381. The van der Waals surface area contributed by atoms with E-state index in [0.717, 1.165) is 37.9 Å². The SMILES string of the molecule is COc1c(OCCCNCCCc2ccccc2)cccc1C1OC(CC(=O)NCc2ccccc2)C(=O)N(CC(C)(C)C)c2ccc(Cl)cc21.Cl. The van der Waals surface area contributed by atoms with E-state index in [4.69, 9.17) is 25.8 Å². The van der Waals surface area contributed by atoms with Crippen molar-refractivity contribution in [3.8, 4) is 11.5 Å². The minimum Gasteiger partial charge on any atom is -0.492 e. The molecule has 2 atom stereocenters. The average molecular weight is 749 g/mol. The molecule has 52 heavy (non-hydrogen) atoms.